The molecule has 0 aromatic carbocycles. The van der Waals surface area contributed by atoms with Crippen LogP contribution in [0.5, 0.6) is 0 Å². The summed E-state index contributed by atoms with van der Waals surface area (Å²) in [6.07, 6.45) is 0. The Bertz CT molecular complexity index is 554. The Morgan fingerprint density at radius 1 is 1.47 bits per heavy atom. The molecule has 0 bridgehead atoms. The quantitative estimate of drug-likeness (QED) is 0.328. The maximum Gasteiger partial charge on any atom is 0.326 e. The molecule has 0 radical (unpaired) electrons. The zero-order chi connectivity index (χ0) is 12.1. The zero-order valence-electron chi connectivity index (χ0n) is 8.88. The van der Waals surface area contributed by atoms with Crippen molar-refractivity contribution in [2.24, 2.45) is 0 Å². The highest BCUT2D eigenvalue weighted by Crippen LogP contribution is 1.93. The molecule has 0 spiro atoms. The first-order valence-corrected chi connectivity index (χ1v) is 4.34. The Morgan fingerprint density at radius 3 is 2.65 bits per heavy atom. The second kappa shape index (κ2) is 6.34. The predicted octanol–water partition coefficient (Wildman–Crippen LogP) is -1.40. The van der Waals surface area contributed by atoms with Crippen LogP contribution in [-0.2, 0) is 6.54 Å². The fourth-order valence-corrected chi connectivity index (χ4v) is 1.05. The van der Waals surface area contributed by atoms with Gasteiger partial charge < -0.3 is 15.6 Å². The second-order valence-corrected chi connectivity index (χ2v) is 2.85. The van der Waals surface area contributed by atoms with Crippen molar-refractivity contribution in [2.75, 3.05) is 7.05 Å². The SMILES string of the molecule is CNC(=N)NCc1[nH]c(=O)[nH]c(=O)c1C#N.Cl. The van der Waals surface area contributed by atoms with Crippen molar-refractivity contribution in [3.8, 4) is 6.07 Å². The van der Waals surface area contributed by atoms with Crippen LogP contribution in [-0.4, -0.2) is 23.0 Å². The van der Waals surface area contributed by atoms with Crippen LogP contribution < -0.4 is 21.9 Å². The van der Waals surface area contributed by atoms with E-state index < -0.39 is 11.2 Å². The number of rotatable bonds is 2. The molecule has 92 valence electrons. The van der Waals surface area contributed by atoms with E-state index in [4.69, 9.17) is 10.7 Å². The lowest BCUT2D eigenvalue weighted by molar-refractivity contribution is 0.807. The summed E-state index contributed by atoms with van der Waals surface area (Å²) in [4.78, 5) is 26.5. The topological polar surface area (TPSA) is 137 Å². The molecule has 0 saturated heterocycles. The van der Waals surface area contributed by atoms with Gasteiger partial charge in [0.2, 0.25) is 0 Å². The van der Waals surface area contributed by atoms with Crippen LogP contribution in [0.25, 0.3) is 0 Å². The summed E-state index contributed by atoms with van der Waals surface area (Å²) in [5, 5.41) is 21.1. The van der Waals surface area contributed by atoms with E-state index in [1.807, 2.05) is 4.98 Å². The molecule has 17 heavy (non-hydrogen) atoms. The van der Waals surface area contributed by atoms with E-state index in [1.165, 1.54) is 0 Å². The molecule has 0 amide bonds. The van der Waals surface area contributed by atoms with E-state index in [-0.39, 0.29) is 36.2 Å². The van der Waals surface area contributed by atoms with E-state index in [9.17, 15) is 9.59 Å². The third-order valence-corrected chi connectivity index (χ3v) is 1.82. The fourth-order valence-electron chi connectivity index (χ4n) is 1.05. The highest BCUT2D eigenvalue weighted by atomic mass is 35.5. The summed E-state index contributed by atoms with van der Waals surface area (Å²) in [6, 6.07) is 1.69. The van der Waals surface area contributed by atoms with Crippen molar-refractivity contribution in [2.45, 2.75) is 6.54 Å². The summed E-state index contributed by atoms with van der Waals surface area (Å²) in [6.45, 7) is 0.0156. The normalized spacial score (nSPS) is 8.71. The number of aromatic nitrogens is 2. The van der Waals surface area contributed by atoms with Gasteiger partial charge >= 0.3 is 5.69 Å². The summed E-state index contributed by atoms with van der Waals surface area (Å²) in [5.41, 5.74) is -1.44. The van der Waals surface area contributed by atoms with E-state index in [0.29, 0.717) is 0 Å². The third kappa shape index (κ3) is 3.66. The largest absolute Gasteiger partial charge is 0.360 e. The Hall–Kier alpha value is -2.27. The van der Waals surface area contributed by atoms with Crippen LogP contribution in [0.2, 0.25) is 0 Å². The second-order valence-electron chi connectivity index (χ2n) is 2.85. The summed E-state index contributed by atoms with van der Waals surface area (Å²) in [5.74, 6) is 0.0185. The molecule has 9 heteroatoms. The van der Waals surface area contributed by atoms with Crippen LogP contribution in [0.1, 0.15) is 11.3 Å². The van der Waals surface area contributed by atoms with Gasteiger partial charge in [0, 0.05) is 7.05 Å². The van der Waals surface area contributed by atoms with Crippen molar-refractivity contribution in [3.63, 3.8) is 0 Å². The van der Waals surface area contributed by atoms with E-state index in [2.05, 4.69) is 15.6 Å². The van der Waals surface area contributed by atoms with Gasteiger partial charge in [-0.2, -0.15) is 5.26 Å². The monoisotopic (exact) mass is 258 g/mol. The van der Waals surface area contributed by atoms with Gasteiger partial charge in [-0.1, -0.05) is 0 Å². The van der Waals surface area contributed by atoms with Gasteiger partial charge in [-0.3, -0.25) is 15.2 Å². The van der Waals surface area contributed by atoms with Gasteiger partial charge in [-0.25, -0.2) is 4.79 Å². The Balaban J connectivity index is 0.00000256. The van der Waals surface area contributed by atoms with Crippen LogP contribution in [0.15, 0.2) is 9.59 Å². The maximum atomic E-state index is 11.2. The average Bonchev–Trinajstić information content (AvgIpc) is 2.25. The van der Waals surface area contributed by atoms with Gasteiger partial charge in [-0.05, 0) is 0 Å². The first-order valence-electron chi connectivity index (χ1n) is 4.34. The molecule has 8 nitrogen and oxygen atoms in total. The number of nitriles is 1. The average molecular weight is 259 g/mol. The molecule has 0 aliphatic carbocycles. The Labute approximate surface area is 102 Å². The lowest BCUT2D eigenvalue weighted by Crippen LogP contribution is -2.35. The molecule has 0 aliphatic heterocycles. The number of hydrogen-bond donors (Lipinski definition) is 5. The first kappa shape index (κ1) is 14.7. The highest BCUT2D eigenvalue weighted by Gasteiger charge is 2.08. The molecule has 1 rings (SSSR count). The molecular formula is C8H11ClN6O2. The van der Waals surface area contributed by atoms with E-state index >= 15 is 0 Å². The van der Waals surface area contributed by atoms with Gasteiger partial charge in [0.15, 0.2) is 5.96 Å². The summed E-state index contributed by atoms with van der Waals surface area (Å²) in [7, 11) is 1.54. The molecular weight excluding hydrogens is 248 g/mol. The van der Waals surface area contributed by atoms with Gasteiger partial charge in [0.25, 0.3) is 5.56 Å². The first-order chi connectivity index (χ1) is 7.58. The molecule has 1 aromatic rings. The van der Waals surface area contributed by atoms with Crippen molar-refractivity contribution < 1.29 is 0 Å². The molecule has 1 heterocycles. The smallest absolute Gasteiger partial charge is 0.326 e. The molecule has 0 saturated carbocycles. The van der Waals surface area contributed by atoms with Crippen LogP contribution >= 0.6 is 12.4 Å². The van der Waals surface area contributed by atoms with Crippen LogP contribution in [0, 0.1) is 16.7 Å². The molecule has 5 N–H and O–H groups in total. The number of H-pyrrole nitrogens is 2. The van der Waals surface area contributed by atoms with E-state index in [0.717, 1.165) is 0 Å². The maximum absolute atomic E-state index is 11.2. The van der Waals surface area contributed by atoms with Crippen molar-refractivity contribution in [3.05, 3.63) is 32.1 Å². The predicted molar refractivity (Wildman–Crippen MR) is 63.3 cm³/mol. The fraction of sp³-hybridized carbons (Fsp3) is 0.250. The molecule has 1 aromatic heterocycles. The minimum absolute atomic E-state index is 0. The van der Waals surface area contributed by atoms with E-state index in [1.54, 1.807) is 13.1 Å². The van der Waals surface area contributed by atoms with Crippen LogP contribution in [0.4, 0.5) is 0 Å². The molecule has 0 aliphatic rings. The Kier molecular flexibility index (Phi) is 5.50. The van der Waals surface area contributed by atoms with Crippen LogP contribution in [0.3, 0.4) is 0 Å². The minimum Gasteiger partial charge on any atom is -0.360 e. The number of halogens is 1. The van der Waals surface area contributed by atoms with Crippen molar-refractivity contribution >= 4 is 18.4 Å². The standard InChI is InChI=1S/C8H10N6O2.ClH/c1-11-7(10)12-3-5-4(2-9)6(15)14-8(16)13-5;/h3H2,1H3,(H3,10,11,12)(H2,13,14,15,16);1H. The highest BCUT2D eigenvalue weighted by molar-refractivity contribution is 5.85. The molecule has 0 atom stereocenters. The lowest BCUT2D eigenvalue weighted by atomic mass is 10.2. The molecule has 0 unspecified atom stereocenters. The zero-order valence-corrected chi connectivity index (χ0v) is 9.70. The number of nitrogens with one attached hydrogen (secondary N) is 5. The van der Waals surface area contributed by atoms with Gasteiger partial charge in [-0.15, -0.1) is 12.4 Å². The lowest BCUT2D eigenvalue weighted by Gasteiger charge is -2.07. The summed E-state index contributed by atoms with van der Waals surface area (Å²) < 4.78 is 0. The molecule has 0 fully saturated rings. The number of nitrogens with zero attached hydrogens (tertiary/aromatic N) is 1. The number of hydrogen-bond acceptors (Lipinski definition) is 4. The third-order valence-electron chi connectivity index (χ3n) is 1.82. The summed E-state index contributed by atoms with van der Waals surface area (Å²) >= 11 is 0. The van der Waals surface area contributed by atoms with Crippen molar-refractivity contribution in [1.29, 1.82) is 10.7 Å². The minimum atomic E-state index is -0.737. The Morgan fingerprint density at radius 2 is 2.12 bits per heavy atom. The van der Waals surface area contributed by atoms with Gasteiger partial charge in [0.05, 0.1) is 12.2 Å². The van der Waals surface area contributed by atoms with Gasteiger partial charge in [0.1, 0.15) is 11.6 Å². The number of aromatic amines is 2. The number of guanidine groups is 1. The van der Waals surface area contributed by atoms with Crippen molar-refractivity contribution in [1.82, 2.24) is 20.6 Å².